The third-order valence-corrected chi connectivity index (χ3v) is 5.62. The Morgan fingerprint density at radius 1 is 1.16 bits per heavy atom. The van der Waals surface area contributed by atoms with Crippen molar-refractivity contribution in [1.29, 1.82) is 0 Å². The number of piperidine rings is 3. The first kappa shape index (κ1) is 16.2. The van der Waals surface area contributed by atoms with Gasteiger partial charge in [-0.3, -0.25) is 9.69 Å². The van der Waals surface area contributed by atoms with Gasteiger partial charge >= 0.3 is 0 Å². The van der Waals surface area contributed by atoms with E-state index in [0.29, 0.717) is 23.4 Å². The molecule has 0 spiro atoms. The van der Waals surface area contributed by atoms with Crippen LogP contribution in [0.5, 0.6) is 11.6 Å². The molecule has 0 unspecified atom stereocenters. The van der Waals surface area contributed by atoms with E-state index in [1.807, 2.05) is 43.3 Å². The predicted octanol–water partition coefficient (Wildman–Crippen LogP) is 3.33. The summed E-state index contributed by atoms with van der Waals surface area (Å²) in [6.07, 6.45) is 2.38. The van der Waals surface area contributed by atoms with Crippen molar-refractivity contribution in [3.63, 3.8) is 0 Å². The Labute approximate surface area is 148 Å². The number of amides is 1. The van der Waals surface area contributed by atoms with Gasteiger partial charge in [0.1, 0.15) is 5.75 Å². The molecule has 1 amide bonds. The van der Waals surface area contributed by atoms with E-state index in [1.54, 1.807) is 0 Å². The summed E-state index contributed by atoms with van der Waals surface area (Å²) in [4.78, 5) is 18.2. The molecule has 5 heteroatoms. The van der Waals surface area contributed by atoms with Gasteiger partial charge in [0.2, 0.25) is 0 Å². The van der Waals surface area contributed by atoms with Crippen LogP contribution in [0, 0.1) is 12.8 Å². The molecule has 4 heterocycles. The number of aryl methyl sites for hydroxylation is 1. The highest BCUT2D eigenvalue weighted by Gasteiger charge is 2.40. The molecule has 5 nitrogen and oxygen atoms in total. The summed E-state index contributed by atoms with van der Waals surface area (Å²) in [6.45, 7) is 6.55. The number of rotatable bonds is 4. The number of fused-ring (bicyclic) bond motifs is 3. The molecule has 3 saturated heterocycles. The molecule has 0 radical (unpaired) electrons. The predicted molar refractivity (Wildman–Crippen MR) is 97.1 cm³/mol. The van der Waals surface area contributed by atoms with Crippen molar-refractivity contribution in [1.82, 2.24) is 15.2 Å². The molecule has 1 aromatic heterocycles. The third kappa shape index (κ3) is 3.29. The van der Waals surface area contributed by atoms with E-state index in [1.165, 1.54) is 25.9 Å². The van der Waals surface area contributed by atoms with Crippen molar-refractivity contribution in [2.45, 2.75) is 38.8 Å². The maximum Gasteiger partial charge on any atom is 0.251 e. The molecule has 1 aromatic carbocycles. The second kappa shape index (κ2) is 6.56. The molecular formula is C20H25N3O2. The molecule has 2 N–H and O–H groups in total. The topological polar surface area (TPSA) is 57.4 Å². The summed E-state index contributed by atoms with van der Waals surface area (Å²) in [6, 6.07) is 11.9. The fraction of sp³-hybridized carbons (Fsp3) is 0.450. The number of aromatic nitrogens is 1. The second-order valence-electron chi connectivity index (χ2n) is 7.25. The summed E-state index contributed by atoms with van der Waals surface area (Å²) >= 11 is 0. The number of nitrogens with zero attached hydrogens (tertiary/aromatic N) is 1. The summed E-state index contributed by atoms with van der Waals surface area (Å²) in [5.41, 5.74) is 1.73. The van der Waals surface area contributed by atoms with Gasteiger partial charge in [-0.1, -0.05) is 0 Å². The monoisotopic (exact) mass is 339 g/mol. The maximum absolute atomic E-state index is 12.6. The van der Waals surface area contributed by atoms with Crippen LogP contribution < -0.4 is 10.1 Å². The van der Waals surface area contributed by atoms with Crippen molar-refractivity contribution in [2.24, 2.45) is 5.92 Å². The highest BCUT2D eigenvalue weighted by molar-refractivity contribution is 5.94. The molecule has 0 saturated carbocycles. The normalized spacial score (nSPS) is 27.9. The molecule has 2 bridgehead atoms. The fourth-order valence-electron chi connectivity index (χ4n) is 4.12. The lowest BCUT2D eigenvalue weighted by Gasteiger charge is -2.49. The van der Waals surface area contributed by atoms with Gasteiger partial charge in [-0.2, -0.15) is 0 Å². The van der Waals surface area contributed by atoms with Gasteiger partial charge < -0.3 is 15.0 Å². The number of hydrogen-bond acceptors (Lipinski definition) is 3. The largest absolute Gasteiger partial charge is 0.441 e. The highest BCUT2D eigenvalue weighted by Crippen LogP contribution is 2.32. The van der Waals surface area contributed by atoms with E-state index >= 15 is 0 Å². The van der Waals surface area contributed by atoms with Gasteiger partial charge in [0, 0.05) is 29.4 Å². The van der Waals surface area contributed by atoms with E-state index in [4.69, 9.17) is 4.74 Å². The zero-order valence-electron chi connectivity index (χ0n) is 14.8. The molecular weight excluding hydrogens is 314 g/mol. The van der Waals surface area contributed by atoms with Crippen molar-refractivity contribution in [2.75, 3.05) is 13.1 Å². The SMILES string of the molecule is Cc1ccc(Oc2ccc(C(=O)N[C@@H]3C4CCN(CC4)[C@@H]3C)cc2)[nH]1. The van der Waals surface area contributed by atoms with E-state index in [-0.39, 0.29) is 11.9 Å². The standard InChI is InChI=1S/C20H25N3O2/c1-13-3-8-18(21-13)25-17-6-4-16(5-7-17)20(24)22-19-14(2)23-11-9-15(19)10-12-23/h3-8,14-15,19,21H,9-12H2,1-2H3,(H,22,24)/t14-,19+/m1/s1. The summed E-state index contributed by atoms with van der Waals surface area (Å²) in [7, 11) is 0. The minimum atomic E-state index is 0.00729. The summed E-state index contributed by atoms with van der Waals surface area (Å²) in [5.74, 6) is 2.04. The Morgan fingerprint density at radius 3 is 2.48 bits per heavy atom. The lowest BCUT2D eigenvalue weighted by atomic mass is 9.79. The Bertz CT molecular complexity index is 743. The lowest BCUT2D eigenvalue weighted by Crippen LogP contribution is -2.62. The minimum absolute atomic E-state index is 0.00729. The second-order valence-corrected chi connectivity index (χ2v) is 7.25. The van der Waals surface area contributed by atoms with Crippen LogP contribution in [0.15, 0.2) is 36.4 Å². The van der Waals surface area contributed by atoms with Crippen LogP contribution in [0.25, 0.3) is 0 Å². The van der Waals surface area contributed by atoms with Crippen molar-refractivity contribution < 1.29 is 9.53 Å². The van der Waals surface area contributed by atoms with Gasteiger partial charge in [-0.15, -0.1) is 0 Å². The summed E-state index contributed by atoms with van der Waals surface area (Å²) in [5, 5.41) is 3.26. The average molecular weight is 339 g/mol. The van der Waals surface area contributed by atoms with Crippen molar-refractivity contribution >= 4 is 5.91 Å². The maximum atomic E-state index is 12.6. The first-order valence-electron chi connectivity index (χ1n) is 9.08. The molecule has 25 heavy (non-hydrogen) atoms. The van der Waals surface area contributed by atoms with E-state index < -0.39 is 0 Å². The Balaban J connectivity index is 1.40. The lowest BCUT2D eigenvalue weighted by molar-refractivity contribution is 0.0217. The average Bonchev–Trinajstić information content (AvgIpc) is 3.04. The number of hydrogen-bond donors (Lipinski definition) is 2. The number of carbonyl (C=O) groups is 1. The van der Waals surface area contributed by atoms with Crippen LogP contribution in [-0.4, -0.2) is 41.0 Å². The molecule has 2 aromatic rings. The van der Waals surface area contributed by atoms with Crippen LogP contribution >= 0.6 is 0 Å². The first-order chi connectivity index (χ1) is 12.1. The van der Waals surface area contributed by atoms with Crippen LogP contribution in [-0.2, 0) is 0 Å². The highest BCUT2D eigenvalue weighted by atomic mass is 16.5. The Morgan fingerprint density at radius 2 is 1.88 bits per heavy atom. The Hall–Kier alpha value is -2.27. The Kier molecular flexibility index (Phi) is 4.25. The minimum Gasteiger partial charge on any atom is -0.441 e. The number of ether oxygens (including phenoxy) is 1. The number of aromatic amines is 1. The van der Waals surface area contributed by atoms with Crippen molar-refractivity contribution in [3.05, 3.63) is 47.7 Å². The molecule has 0 aliphatic carbocycles. The molecule has 3 aliphatic rings. The van der Waals surface area contributed by atoms with Gasteiger partial charge in [-0.25, -0.2) is 0 Å². The van der Waals surface area contributed by atoms with Gasteiger partial charge in [-0.05, 0) is 76.0 Å². The molecule has 3 fully saturated rings. The number of carbonyl (C=O) groups excluding carboxylic acids is 1. The number of H-pyrrole nitrogens is 1. The summed E-state index contributed by atoms with van der Waals surface area (Å²) < 4.78 is 5.75. The van der Waals surface area contributed by atoms with E-state index in [2.05, 4.69) is 22.1 Å². The van der Waals surface area contributed by atoms with E-state index in [0.717, 1.165) is 11.4 Å². The van der Waals surface area contributed by atoms with Crippen molar-refractivity contribution in [3.8, 4) is 11.6 Å². The van der Waals surface area contributed by atoms with Gasteiger partial charge in [0.05, 0.1) is 0 Å². The van der Waals surface area contributed by atoms with Gasteiger partial charge in [0.25, 0.3) is 5.91 Å². The zero-order chi connectivity index (χ0) is 17.4. The molecule has 132 valence electrons. The molecule has 3 aliphatic heterocycles. The van der Waals surface area contributed by atoms with Crippen LogP contribution in [0.2, 0.25) is 0 Å². The van der Waals surface area contributed by atoms with E-state index in [9.17, 15) is 4.79 Å². The smallest absolute Gasteiger partial charge is 0.251 e. The number of benzene rings is 1. The quantitative estimate of drug-likeness (QED) is 0.898. The number of nitrogens with one attached hydrogen (secondary N) is 2. The van der Waals surface area contributed by atoms with Crippen LogP contribution in [0.3, 0.4) is 0 Å². The fourth-order valence-corrected chi connectivity index (χ4v) is 4.12. The van der Waals surface area contributed by atoms with Crippen LogP contribution in [0.4, 0.5) is 0 Å². The molecule has 5 rings (SSSR count). The van der Waals surface area contributed by atoms with Crippen LogP contribution in [0.1, 0.15) is 35.8 Å². The third-order valence-electron chi connectivity index (χ3n) is 5.62. The first-order valence-corrected chi connectivity index (χ1v) is 9.08. The zero-order valence-corrected chi connectivity index (χ0v) is 14.8. The van der Waals surface area contributed by atoms with Gasteiger partial charge in [0.15, 0.2) is 5.88 Å². The molecule has 2 atom stereocenters.